The maximum Gasteiger partial charge on any atom is 0.252 e. The molecule has 0 fully saturated rings. The van der Waals surface area contributed by atoms with Crippen LogP contribution in [-0.4, -0.2) is 35.3 Å². The number of aromatic nitrogens is 6. The van der Waals surface area contributed by atoms with Gasteiger partial charge in [0.1, 0.15) is 6.33 Å². The van der Waals surface area contributed by atoms with Crippen LogP contribution in [0.1, 0.15) is 24.1 Å². The Morgan fingerprint density at radius 3 is 2.81 bits per heavy atom. The van der Waals surface area contributed by atoms with E-state index in [0.717, 1.165) is 16.8 Å². The molecule has 0 saturated carbocycles. The van der Waals surface area contributed by atoms with E-state index in [4.69, 9.17) is 0 Å². The molecule has 130 valence electrons. The van der Waals surface area contributed by atoms with Crippen LogP contribution in [0.4, 0.5) is 0 Å². The lowest BCUT2D eigenvalue weighted by Crippen LogP contribution is -2.28. The molecule has 26 heavy (non-hydrogen) atoms. The topological polar surface area (TPSA) is 90.0 Å². The van der Waals surface area contributed by atoms with E-state index in [1.165, 1.54) is 6.33 Å². The van der Waals surface area contributed by atoms with Gasteiger partial charge in [-0.2, -0.15) is 15.2 Å². The van der Waals surface area contributed by atoms with E-state index >= 15 is 0 Å². The predicted molar refractivity (Wildman–Crippen MR) is 94.6 cm³/mol. The number of benzene rings is 1. The van der Waals surface area contributed by atoms with Crippen molar-refractivity contribution in [1.29, 1.82) is 0 Å². The molecule has 0 saturated heterocycles. The molecule has 4 aromatic rings. The first kappa shape index (κ1) is 15.9. The van der Waals surface area contributed by atoms with Crippen LogP contribution in [0.3, 0.4) is 0 Å². The van der Waals surface area contributed by atoms with E-state index in [9.17, 15) is 4.79 Å². The minimum atomic E-state index is -0.150. The third-order valence-corrected chi connectivity index (χ3v) is 4.05. The number of hydrogen-bond donors (Lipinski definition) is 1. The van der Waals surface area contributed by atoms with Crippen molar-refractivity contribution in [3.8, 4) is 5.69 Å². The Balaban J connectivity index is 1.41. The Labute approximate surface area is 149 Å². The van der Waals surface area contributed by atoms with Gasteiger partial charge < -0.3 is 5.32 Å². The number of fused-ring (bicyclic) bond motifs is 1. The van der Waals surface area contributed by atoms with Crippen molar-refractivity contribution in [3.05, 3.63) is 72.6 Å². The summed E-state index contributed by atoms with van der Waals surface area (Å²) in [7, 11) is 0. The largest absolute Gasteiger partial charge is 0.349 e. The number of nitrogens with one attached hydrogen (secondary N) is 1. The highest BCUT2D eigenvalue weighted by molar-refractivity contribution is 5.78. The summed E-state index contributed by atoms with van der Waals surface area (Å²) in [4.78, 5) is 20.5. The van der Waals surface area contributed by atoms with Gasteiger partial charge in [-0.15, -0.1) is 0 Å². The van der Waals surface area contributed by atoms with E-state index in [2.05, 4.69) is 25.5 Å². The highest BCUT2D eigenvalue weighted by Gasteiger charge is 2.13. The molecule has 3 heterocycles. The predicted octanol–water partition coefficient (Wildman–Crippen LogP) is 1.73. The number of carbonyl (C=O) groups excluding carboxylic acids is 1. The van der Waals surface area contributed by atoms with Gasteiger partial charge in [0.2, 0.25) is 5.91 Å². The van der Waals surface area contributed by atoms with Crippen molar-refractivity contribution in [2.24, 2.45) is 0 Å². The lowest BCUT2D eigenvalue weighted by molar-refractivity contribution is -0.121. The maximum atomic E-state index is 12.3. The Kier molecular flexibility index (Phi) is 4.14. The van der Waals surface area contributed by atoms with Gasteiger partial charge in [0.05, 0.1) is 24.3 Å². The van der Waals surface area contributed by atoms with Crippen molar-refractivity contribution < 1.29 is 4.79 Å². The van der Waals surface area contributed by atoms with E-state index in [-0.39, 0.29) is 18.4 Å². The van der Waals surface area contributed by atoms with E-state index < -0.39 is 0 Å². The summed E-state index contributed by atoms with van der Waals surface area (Å²) < 4.78 is 3.34. The van der Waals surface area contributed by atoms with Gasteiger partial charge in [-0.3, -0.25) is 4.79 Å². The van der Waals surface area contributed by atoms with Crippen LogP contribution in [-0.2, 0) is 11.2 Å². The van der Waals surface area contributed by atoms with Crippen molar-refractivity contribution in [2.75, 3.05) is 0 Å². The fourth-order valence-electron chi connectivity index (χ4n) is 2.69. The first-order valence-corrected chi connectivity index (χ1v) is 8.22. The number of amides is 1. The van der Waals surface area contributed by atoms with Gasteiger partial charge in [0.25, 0.3) is 5.78 Å². The zero-order chi connectivity index (χ0) is 17.9. The molecular formula is C18H17N7O. The van der Waals surface area contributed by atoms with Crippen molar-refractivity contribution in [1.82, 2.24) is 34.7 Å². The molecule has 0 aliphatic heterocycles. The molecule has 0 aliphatic carbocycles. The number of hydrogen-bond acceptors (Lipinski definition) is 5. The van der Waals surface area contributed by atoms with Crippen molar-refractivity contribution in [2.45, 2.75) is 19.4 Å². The molecule has 0 radical (unpaired) electrons. The van der Waals surface area contributed by atoms with Crippen LogP contribution >= 0.6 is 0 Å². The summed E-state index contributed by atoms with van der Waals surface area (Å²) in [6.07, 6.45) is 8.73. The molecule has 8 heteroatoms. The number of para-hydroxylation sites is 1. The summed E-state index contributed by atoms with van der Waals surface area (Å²) in [5.74, 6) is 0.419. The van der Waals surface area contributed by atoms with E-state index in [0.29, 0.717) is 5.78 Å². The Morgan fingerprint density at radius 1 is 1.12 bits per heavy atom. The monoisotopic (exact) mass is 347 g/mol. The molecule has 0 spiro atoms. The molecule has 0 bridgehead atoms. The quantitative estimate of drug-likeness (QED) is 0.594. The third-order valence-electron chi connectivity index (χ3n) is 4.05. The molecule has 3 aromatic heterocycles. The SMILES string of the molecule is C[C@@H](NC(=O)Cc1cnc2ncnn2c1)c1cnn(-c2ccccc2)c1. The molecule has 1 amide bonds. The van der Waals surface area contributed by atoms with E-state index in [1.807, 2.05) is 43.5 Å². The van der Waals surface area contributed by atoms with Gasteiger partial charge in [-0.05, 0) is 24.6 Å². The highest BCUT2D eigenvalue weighted by Crippen LogP contribution is 2.14. The van der Waals surface area contributed by atoms with Crippen LogP contribution in [0.2, 0.25) is 0 Å². The van der Waals surface area contributed by atoms with Gasteiger partial charge in [-0.1, -0.05) is 18.2 Å². The molecule has 1 aromatic carbocycles. The Hall–Kier alpha value is -3.55. The first-order chi connectivity index (χ1) is 12.7. The standard InChI is InChI=1S/C18H17N7O/c1-13(15-9-21-24(11-15)16-5-3-2-4-6-16)23-17(26)7-14-8-19-18-20-12-22-25(18)10-14/h2-6,8-13H,7H2,1H3,(H,23,26)/t13-/m1/s1. The lowest BCUT2D eigenvalue weighted by atomic mass is 10.1. The Morgan fingerprint density at radius 2 is 1.96 bits per heavy atom. The van der Waals surface area contributed by atoms with Crippen LogP contribution in [0.5, 0.6) is 0 Å². The first-order valence-electron chi connectivity index (χ1n) is 8.22. The number of rotatable bonds is 5. The maximum absolute atomic E-state index is 12.3. The fourth-order valence-corrected chi connectivity index (χ4v) is 2.69. The minimum Gasteiger partial charge on any atom is -0.349 e. The normalized spacial score (nSPS) is 12.2. The van der Waals surface area contributed by atoms with Crippen molar-refractivity contribution in [3.63, 3.8) is 0 Å². The minimum absolute atomic E-state index is 0.0915. The summed E-state index contributed by atoms with van der Waals surface area (Å²) in [6.45, 7) is 1.93. The average molecular weight is 347 g/mol. The summed E-state index contributed by atoms with van der Waals surface area (Å²) in [6, 6.07) is 9.69. The number of nitrogens with zero attached hydrogens (tertiary/aromatic N) is 6. The zero-order valence-electron chi connectivity index (χ0n) is 14.1. The molecule has 8 nitrogen and oxygen atoms in total. The molecule has 1 N–H and O–H groups in total. The molecular weight excluding hydrogens is 330 g/mol. The fraction of sp³-hybridized carbons (Fsp3) is 0.167. The molecule has 1 atom stereocenters. The second-order valence-electron chi connectivity index (χ2n) is 5.99. The van der Waals surface area contributed by atoms with Gasteiger partial charge in [-0.25, -0.2) is 14.2 Å². The van der Waals surface area contributed by atoms with Crippen LogP contribution in [0, 0.1) is 0 Å². The second-order valence-corrected chi connectivity index (χ2v) is 5.99. The Bertz CT molecular complexity index is 1040. The highest BCUT2D eigenvalue weighted by atomic mass is 16.1. The summed E-state index contributed by atoms with van der Waals surface area (Å²) in [5.41, 5.74) is 2.68. The molecule has 0 aliphatic rings. The summed E-state index contributed by atoms with van der Waals surface area (Å²) >= 11 is 0. The average Bonchev–Trinajstić information content (AvgIpc) is 3.31. The number of carbonyl (C=O) groups is 1. The van der Waals surface area contributed by atoms with E-state index in [1.54, 1.807) is 27.8 Å². The van der Waals surface area contributed by atoms with Crippen LogP contribution < -0.4 is 5.32 Å². The van der Waals surface area contributed by atoms with Crippen molar-refractivity contribution >= 4 is 11.7 Å². The molecule has 4 rings (SSSR count). The third kappa shape index (κ3) is 3.30. The second kappa shape index (κ2) is 6.75. The molecule has 0 unspecified atom stereocenters. The van der Waals surface area contributed by atoms with Crippen LogP contribution in [0.25, 0.3) is 11.5 Å². The van der Waals surface area contributed by atoms with Gasteiger partial charge in [0, 0.05) is 24.2 Å². The lowest BCUT2D eigenvalue weighted by Gasteiger charge is -2.12. The van der Waals surface area contributed by atoms with Crippen LogP contribution in [0.15, 0.2) is 61.4 Å². The summed E-state index contributed by atoms with van der Waals surface area (Å²) in [5, 5.41) is 11.4. The van der Waals surface area contributed by atoms with Gasteiger partial charge in [0.15, 0.2) is 0 Å². The van der Waals surface area contributed by atoms with Gasteiger partial charge >= 0.3 is 0 Å². The zero-order valence-corrected chi connectivity index (χ0v) is 14.1. The smallest absolute Gasteiger partial charge is 0.252 e.